The Labute approximate surface area is 121 Å². The van der Waals surface area contributed by atoms with Crippen LogP contribution in [0, 0.1) is 11.8 Å². The number of carbonyl (C=O) groups is 1. The fraction of sp³-hybridized carbons (Fsp3) is 0.471. The second-order valence-electron chi connectivity index (χ2n) is 6.25. The van der Waals surface area contributed by atoms with Gasteiger partial charge in [0, 0.05) is 30.2 Å². The zero-order chi connectivity index (χ0) is 14.7. The van der Waals surface area contributed by atoms with Crippen molar-refractivity contribution in [1.29, 1.82) is 0 Å². The van der Waals surface area contributed by atoms with Crippen LogP contribution in [0.1, 0.15) is 38.1 Å². The van der Waals surface area contributed by atoms with Crippen molar-refractivity contribution in [2.24, 2.45) is 11.8 Å². The highest BCUT2D eigenvalue weighted by molar-refractivity contribution is 6.06. The minimum atomic E-state index is 0.129. The number of aromatic nitrogens is 1. The van der Waals surface area contributed by atoms with Crippen molar-refractivity contribution in [3.05, 3.63) is 36.0 Å². The first-order valence-electron chi connectivity index (χ1n) is 7.34. The number of nitrogens with zero attached hydrogens (tertiary/aromatic N) is 1. The van der Waals surface area contributed by atoms with Crippen molar-refractivity contribution in [3.8, 4) is 0 Å². The molecular weight excluding hydrogens is 248 g/mol. The maximum absolute atomic E-state index is 12.8. The molecule has 2 aromatic rings. The van der Waals surface area contributed by atoms with Crippen molar-refractivity contribution in [2.45, 2.75) is 27.7 Å². The van der Waals surface area contributed by atoms with Crippen LogP contribution in [0.3, 0.4) is 0 Å². The van der Waals surface area contributed by atoms with Crippen molar-refractivity contribution >= 4 is 16.8 Å². The van der Waals surface area contributed by atoms with Gasteiger partial charge in [0.15, 0.2) is 0 Å². The van der Waals surface area contributed by atoms with Crippen LogP contribution < -0.4 is 0 Å². The predicted molar refractivity (Wildman–Crippen MR) is 83.9 cm³/mol. The standard InChI is InChI=1S/C17H24N2O/c1-12(2)10-19(11-13(3)4)17(20)15-9-18-16-8-6-5-7-14(15)16/h5-9,12-13,18H,10-11H2,1-4H3. The molecule has 0 spiro atoms. The molecular formula is C17H24N2O. The van der Waals surface area contributed by atoms with Crippen LogP contribution in [0.4, 0.5) is 0 Å². The number of rotatable bonds is 5. The second-order valence-corrected chi connectivity index (χ2v) is 6.25. The van der Waals surface area contributed by atoms with Crippen LogP contribution in [-0.2, 0) is 0 Å². The summed E-state index contributed by atoms with van der Waals surface area (Å²) in [6.45, 7) is 10.2. The molecule has 0 fully saturated rings. The number of carbonyl (C=O) groups excluding carboxylic acids is 1. The minimum Gasteiger partial charge on any atom is -0.360 e. The van der Waals surface area contributed by atoms with E-state index in [1.807, 2.05) is 35.4 Å². The summed E-state index contributed by atoms with van der Waals surface area (Å²) >= 11 is 0. The van der Waals surface area contributed by atoms with Crippen molar-refractivity contribution in [3.63, 3.8) is 0 Å². The Morgan fingerprint density at radius 1 is 1.10 bits per heavy atom. The average Bonchev–Trinajstić information content (AvgIpc) is 2.79. The largest absolute Gasteiger partial charge is 0.360 e. The van der Waals surface area contributed by atoms with E-state index in [0.29, 0.717) is 11.8 Å². The third-order valence-electron chi connectivity index (χ3n) is 3.28. The van der Waals surface area contributed by atoms with Gasteiger partial charge in [0.05, 0.1) is 5.56 Å². The van der Waals surface area contributed by atoms with Crippen LogP contribution in [0.25, 0.3) is 10.9 Å². The third-order valence-corrected chi connectivity index (χ3v) is 3.28. The maximum atomic E-state index is 12.8. The molecule has 0 aliphatic carbocycles. The van der Waals surface area contributed by atoms with Gasteiger partial charge < -0.3 is 9.88 Å². The predicted octanol–water partition coefficient (Wildman–Crippen LogP) is 3.92. The van der Waals surface area contributed by atoms with Crippen LogP contribution in [0.15, 0.2) is 30.5 Å². The minimum absolute atomic E-state index is 0.129. The first kappa shape index (κ1) is 14.6. The zero-order valence-corrected chi connectivity index (χ0v) is 12.8. The summed E-state index contributed by atoms with van der Waals surface area (Å²) in [5.41, 5.74) is 1.80. The van der Waals surface area contributed by atoms with Crippen LogP contribution in [0.2, 0.25) is 0 Å². The summed E-state index contributed by atoms with van der Waals surface area (Å²) in [5, 5.41) is 1.01. The zero-order valence-electron chi connectivity index (χ0n) is 12.8. The number of hydrogen-bond donors (Lipinski definition) is 1. The number of hydrogen-bond acceptors (Lipinski definition) is 1. The van der Waals surface area contributed by atoms with E-state index in [-0.39, 0.29) is 5.91 Å². The first-order valence-corrected chi connectivity index (χ1v) is 7.34. The molecule has 0 radical (unpaired) electrons. The Morgan fingerprint density at radius 3 is 2.30 bits per heavy atom. The quantitative estimate of drug-likeness (QED) is 0.879. The normalized spacial score (nSPS) is 11.5. The van der Waals surface area contributed by atoms with Gasteiger partial charge in [-0.1, -0.05) is 45.9 Å². The topological polar surface area (TPSA) is 36.1 Å². The fourth-order valence-electron chi connectivity index (χ4n) is 2.54. The summed E-state index contributed by atoms with van der Waals surface area (Å²) in [4.78, 5) is 18.0. The molecule has 0 saturated heterocycles. The maximum Gasteiger partial charge on any atom is 0.256 e. The van der Waals surface area contributed by atoms with Crippen LogP contribution >= 0.6 is 0 Å². The molecule has 0 aliphatic heterocycles. The highest BCUT2D eigenvalue weighted by atomic mass is 16.2. The third kappa shape index (κ3) is 3.21. The van der Waals surface area contributed by atoms with Gasteiger partial charge in [0.1, 0.15) is 0 Å². The molecule has 0 bridgehead atoms. The Morgan fingerprint density at radius 2 is 1.70 bits per heavy atom. The molecule has 20 heavy (non-hydrogen) atoms. The van der Waals surface area contributed by atoms with Gasteiger partial charge in [-0.05, 0) is 17.9 Å². The molecule has 0 unspecified atom stereocenters. The molecule has 2 rings (SSSR count). The van der Waals surface area contributed by atoms with Gasteiger partial charge in [-0.25, -0.2) is 0 Å². The molecule has 1 aromatic carbocycles. The SMILES string of the molecule is CC(C)CN(CC(C)C)C(=O)c1c[nH]c2ccccc12. The molecule has 108 valence electrons. The van der Waals surface area contributed by atoms with E-state index in [9.17, 15) is 4.79 Å². The van der Waals surface area contributed by atoms with E-state index in [1.165, 1.54) is 0 Å². The Bertz CT molecular complexity index is 573. The van der Waals surface area contributed by atoms with Crippen molar-refractivity contribution < 1.29 is 4.79 Å². The lowest BCUT2D eigenvalue weighted by atomic mass is 10.1. The number of fused-ring (bicyclic) bond motifs is 1. The Kier molecular flexibility index (Phi) is 4.48. The molecule has 3 heteroatoms. The summed E-state index contributed by atoms with van der Waals surface area (Å²) in [6.07, 6.45) is 1.83. The number of aromatic amines is 1. The smallest absolute Gasteiger partial charge is 0.256 e. The highest BCUT2D eigenvalue weighted by Gasteiger charge is 2.20. The van der Waals surface area contributed by atoms with Gasteiger partial charge in [-0.15, -0.1) is 0 Å². The lowest BCUT2D eigenvalue weighted by Gasteiger charge is -2.26. The van der Waals surface area contributed by atoms with Gasteiger partial charge in [0.2, 0.25) is 0 Å². The van der Waals surface area contributed by atoms with E-state index in [0.717, 1.165) is 29.6 Å². The van der Waals surface area contributed by atoms with Gasteiger partial charge in [0.25, 0.3) is 5.91 Å². The number of amides is 1. The second kappa shape index (κ2) is 6.12. The van der Waals surface area contributed by atoms with E-state index < -0.39 is 0 Å². The van der Waals surface area contributed by atoms with E-state index in [4.69, 9.17) is 0 Å². The lowest BCUT2D eigenvalue weighted by molar-refractivity contribution is 0.0717. The first-order chi connectivity index (χ1) is 9.49. The molecule has 1 N–H and O–H groups in total. The van der Waals surface area contributed by atoms with Crippen LogP contribution in [0.5, 0.6) is 0 Å². The van der Waals surface area contributed by atoms with Crippen molar-refractivity contribution in [1.82, 2.24) is 9.88 Å². The lowest BCUT2D eigenvalue weighted by Crippen LogP contribution is -2.36. The van der Waals surface area contributed by atoms with Gasteiger partial charge in [-0.2, -0.15) is 0 Å². The fourth-order valence-corrected chi connectivity index (χ4v) is 2.54. The highest BCUT2D eigenvalue weighted by Crippen LogP contribution is 2.20. The monoisotopic (exact) mass is 272 g/mol. The van der Waals surface area contributed by atoms with Crippen LogP contribution in [-0.4, -0.2) is 28.9 Å². The molecule has 3 nitrogen and oxygen atoms in total. The van der Waals surface area contributed by atoms with Gasteiger partial charge >= 0.3 is 0 Å². The summed E-state index contributed by atoms with van der Waals surface area (Å²) in [5.74, 6) is 1.08. The molecule has 0 saturated carbocycles. The number of nitrogens with one attached hydrogen (secondary N) is 1. The summed E-state index contributed by atoms with van der Waals surface area (Å²) in [6, 6.07) is 7.96. The molecule has 1 heterocycles. The summed E-state index contributed by atoms with van der Waals surface area (Å²) < 4.78 is 0. The number of H-pyrrole nitrogens is 1. The molecule has 1 aromatic heterocycles. The Balaban J connectivity index is 2.30. The van der Waals surface area contributed by atoms with E-state index in [2.05, 4.69) is 32.7 Å². The molecule has 0 aliphatic rings. The van der Waals surface area contributed by atoms with E-state index >= 15 is 0 Å². The molecule has 0 atom stereocenters. The van der Waals surface area contributed by atoms with Gasteiger partial charge in [-0.3, -0.25) is 4.79 Å². The Hall–Kier alpha value is -1.77. The number of para-hydroxylation sites is 1. The molecule has 1 amide bonds. The van der Waals surface area contributed by atoms with Crippen molar-refractivity contribution in [2.75, 3.05) is 13.1 Å². The summed E-state index contributed by atoms with van der Waals surface area (Å²) in [7, 11) is 0. The average molecular weight is 272 g/mol. The number of benzene rings is 1. The van der Waals surface area contributed by atoms with E-state index in [1.54, 1.807) is 0 Å².